The zero-order valence-electron chi connectivity index (χ0n) is 13.9. The number of para-hydroxylation sites is 2. The molecule has 7 heteroatoms. The summed E-state index contributed by atoms with van der Waals surface area (Å²) in [6.07, 6.45) is -1.58. The van der Waals surface area contributed by atoms with Gasteiger partial charge in [-0.3, -0.25) is 4.90 Å². The molecule has 1 aliphatic rings. The Labute approximate surface area is 149 Å². The van der Waals surface area contributed by atoms with Crippen molar-refractivity contribution in [2.75, 3.05) is 6.54 Å². The average molecular weight is 354 g/mol. The SMILES string of the molecule is O=C(O)[C@@H]1C[C@@H](O)CN1C(=O)OCn1c2ccccc2c2ccccc21. The highest BCUT2D eigenvalue weighted by Gasteiger charge is 2.39. The number of rotatable bonds is 3. The van der Waals surface area contributed by atoms with Crippen LogP contribution in [0, 0.1) is 0 Å². The fraction of sp³-hybridized carbons (Fsp3) is 0.263. The molecule has 0 spiro atoms. The van der Waals surface area contributed by atoms with E-state index in [4.69, 9.17) is 4.74 Å². The van der Waals surface area contributed by atoms with E-state index in [1.807, 2.05) is 53.1 Å². The van der Waals surface area contributed by atoms with Crippen LogP contribution in [0.4, 0.5) is 4.79 Å². The van der Waals surface area contributed by atoms with Gasteiger partial charge in [0.05, 0.1) is 23.7 Å². The first-order chi connectivity index (χ1) is 12.6. The molecule has 134 valence electrons. The third-order valence-corrected chi connectivity index (χ3v) is 4.80. The highest BCUT2D eigenvalue weighted by atomic mass is 16.6. The van der Waals surface area contributed by atoms with Gasteiger partial charge in [0.2, 0.25) is 0 Å². The van der Waals surface area contributed by atoms with E-state index >= 15 is 0 Å². The second-order valence-electron chi connectivity index (χ2n) is 6.40. The van der Waals surface area contributed by atoms with Crippen LogP contribution in [0.5, 0.6) is 0 Å². The van der Waals surface area contributed by atoms with E-state index in [2.05, 4.69) is 0 Å². The molecule has 1 aromatic heterocycles. The number of hydrogen-bond acceptors (Lipinski definition) is 4. The van der Waals surface area contributed by atoms with E-state index in [1.54, 1.807) is 0 Å². The van der Waals surface area contributed by atoms with E-state index in [0.717, 1.165) is 26.7 Å². The van der Waals surface area contributed by atoms with Gasteiger partial charge in [0.1, 0.15) is 6.04 Å². The number of likely N-dealkylation sites (tertiary alicyclic amines) is 1. The zero-order chi connectivity index (χ0) is 18.3. The Balaban J connectivity index is 1.61. The predicted molar refractivity (Wildman–Crippen MR) is 94.7 cm³/mol. The van der Waals surface area contributed by atoms with Gasteiger partial charge in [-0.25, -0.2) is 9.59 Å². The number of ether oxygens (including phenoxy) is 1. The first-order valence-corrected chi connectivity index (χ1v) is 8.36. The molecule has 0 aliphatic carbocycles. The van der Waals surface area contributed by atoms with E-state index in [-0.39, 0.29) is 19.7 Å². The van der Waals surface area contributed by atoms with Crippen LogP contribution in [0.3, 0.4) is 0 Å². The van der Waals surface area contributed by atoms with Crippen molar-refractivity contribution in [1.29, 1.82) is 0 Å². The van der Waals surface area contributed by atoms with Crippen molar-refractivity contribution in [2.24, 2.45) is 0 Å². The van der Waals surface area contributed by atoms with Crippen LogP contribution in [-0.2, 0) is 16.3 Å². The monoisotopic (exact) mass is 354 g/mol. The normalized spacial score (nSPS) is 20.0. The number of β-amino-alcohol motifs (C(OH)–C–C–N with tert-alkyl or cyclic N) is 1. The number of aliphatic hydroxyl groups is 1. The van der Waals surface area contributed by atoms with Gasteiger partial charge in [-0.2, -0.15) is 0 Å². The van der Waals surface area contributed by atoms with Crippen LogP contribution in [0.25, 0.3) is 21.8 Å². The Hall–Kier alpha value is -3.06. The van der Waals surface area contributed by atoms with Gasteiger partial charge < -0.3 is 19.5 Å². The van der Waals surface area contributed by atoms with E-state index in [0.29, 0.717) is 0 Å². The Morgan fingerprint density at radius 2 is 1.62 bits per heavy atom. The second-order valence-corrected chi connectivity index (χ2v) is 6.40. The molecular weight excluding hydrogens is 336 g/mol. The first kappa shape index (κ1) is 16.4. The molecule has 2 N–H and O–H groups in total. The lowest BCUT2D eigenvalue weighted by Gasteiger charge is -2.21. The quantitative estimate of drug-likeness (QED) is 0.754. The molecule has 3 aromatic rings. The van der Waals surface area contributed by atoms with E-state index in [9.17, 15) is 19.8 Å². The predicted octanol–water partition coefficient (Wildman–Crippen LogP) is 2.41. The number of carbonyl (C=O) groups is 2. The second kappa shape index (κ2) is 6.34. The minimum atomic E-state index is -1.14. The van der Waals surface area contributed by atoms with Crippen molar-refractivity contribution >= 4 is 33.9 Å². The minimum Gasteiger partial charge on any atom is -0.480 e. The smallest absolute Gasteiger partial charge is 0.412 e. The number of aliphatic hydroxyl groups excluding tert-OH is 1. The topological polar surface area (TPSA) is 92.0 Å². The molecule has 4 rings (SSSR count). The summed E-state index contributed by atoms with van der Waals surface area (Å²) in [4.78, 5) is 24.7. The third kappa shape index (κ3) is 2.66. The minimum absolute atomic E-state index is 0.0137. The highest BCUT2D eigenvalue weighted by Crippen LogP contribution is 2.29. The van der Waals surface area contributed by atoms with Gasteiger partial charge in [-0.15, -0.1) is 0 Å². The van der Waals surface area contributed by atoms with Gasteiger partial charge in [-0.1, -0.05) is 36.4 Å². The van der Waals surface area contributed by atoms with Gasteiger partial charge >= 0.3 is 12.1 Å². The fourth-order valence-corrected chi connectivity index (χ4v) is 3.59. The van der Waals surface area contributed by atoms with Crippen molar-refractivity contribution in [3.8, 4) is 0 Å². The van der Waals surface area contributed by atoms with Crippen molar-refractivity contribution < 1.29 is 24.5 Å². The Kier molecular flexibility index (Phi) is 4.00. The summed E-state index contributed by atoms with van der Waals surface area (Å²) in [5.41, 5.74) is 1.86. The highest BCUT2D eigenvalue weighted by molar-refractivity contribution is 6.07. The lowest BCUT2D eigenvalue weighted by atomic mass is 10.2. The Morgan fingerprint density at radius 1 is 1.04 bits per heavy atom. The van der Waals surface area contributed by atoms with Gasteiger partial charge in [0.25, 0.3) is 0 Å². The number of aromatic nitrogens is 1. The molecule has 7 nitrogen and oxygen atoms in total. The standard InChI is InChI=1S/C19H18N2O5/c22-12-9-17(18(23)24)20(10-12)19(25)26-11-21-15-7-3-1-5-13(15)14-6-2-4-8-16(14)21/h1-8,12,17,22H,9-11H2,(H,23,24)/t12-,17+/m1/s1. The molecule has 1 saturated heterocycles. The molecule has 2 atom stereocenters. The number of carbonyl (C=O) groups excluding carboxylic acids is 1. The zero-order valence-corrected chi connectivity index (χ0v) is 13.9. The van der Waals surface area contributed by atoms with Crippen LogP contribution in [0.1, 0.15) is 6.42 Å². The molecule has 1 aliphatic heterocycles. The van der Waals surface area contributed by atoms with E-state index in [1.165, 1.54) is 0 Å². The maximum absolute atomic E-state index is 12.4. The van der Waals surface area contributed by atoms with Crippen LogP contribution >= 0.6 is 0 Å². The summed E-state index contributed by atoms with van der Waals surface area (Å²) in [5.74, 6) is -1.14. The Morgan fingerprint density at radius 3 is 2.19 bits per heavy atom. The van der Waals surface area contributed by atoms with Crippen LogP contribution in [0.15, 0.2) is 48.5 Å². The van der Waals surface area contributed by atoms with Crippen LogP contribution in [0.2, 0.25) is 0 Å². The molecule has 0 bridgehead atoms. The van der Waals surface area contributed by atoms with Gasteiger partial charge in [-0.05, 0) is 12.1 Å². The molecule has 0 radical (unpaired) electrons. The summed E-state index contributed by atoms with van der Waals surface area (Å²) < 4.78 is 7.27. The first-order valence-electron chi connectivity index (χ1n) is 8.36. The third-order valence-electron chi connectivity index (χ3n) is 4.80. The molecule has 2 heterocycles. The van der Waals surface area contributed by atoms with Gasteiger partial charge in [0.15, 0.2) is 6.73 Å². The number of carboxylic acids is 1. The number of carboxylic acid groups (broad SMARTS) is 1. The molecule has 1 fully saturated rings. The maximum atomic E-state index is 12.4. The summed E-state index contributed by atoms with van der Waals surface area (Å²) in [7, 11) is 0. The summed E-state index contributed by atoms with van der Waals surface area (Å²) in [6.45, 7) is -0.0746. The largest absolute Gasteiger partial charge is 0.480 e. The number of hydrogen-bond donors (Lipinski definition) is 2. The maximum Gasteiger partial charge on any atom is 0.412 e. The van der Waals surface area contributed by atoms with Crippen molar-refractivity contribution in [3.63, 3.8) is 0 Å². The van der Waals surface area contributed by atoms with Crippen molar-refractivity contribution in [3.05, 3.63) is 48.5 Å². The van der Waals surface area contributed by atoms with Crippen LogP contribution in [-0.4, -0.2) is 50.4 Å². The Bertz CT molecular complexity index is 943. The number of benzene rings is 2. The van der Waals surface area contributed by atoms with Crippen LogP contribution < -0.4 is 0 Å². The molecule has 26 heavy (non-hydrogen) atoms. The number of amides is 1. The lowest BCUT2D eigenvalue weighted by Crippen LogP contribution is -2.41. The van der Waals surface area contributed by atoms with Crippen molar-refractivity contribution in [1.82, 2.24) is 9.47 Å². The number of fused-ring (bicyclic) bond motifs is 3. The average Bonchev–Trinajstić information content (AvgIpc) is 3.18. The van der Waals surface area contributed by atoms with Gasteiger partial charge in [0, 0.05) is 17.2 Å². The molecule has 0 unspecified atom stereocenters. The number of nitrogens with zero attached hydrogens (tertiary/aromatic N) is 2. The molecule has 1 amide bonds. The summed E-state index contributed by atoms with van der Waals surface area (Å²) in [6, 6.07) is 14.6. The van der Waals surface area contributed by atoms with Crippen molar-refractivity contribution in [2.45, 2.75) is 25.3 Å². The molecule has 0 saturated carbocycles. The molecule has 2 aromatic carbocycles. The number of aliphatic carboxylic acids is 1. The lowest BCUT2D eigenvalue weighted by molar-refractivity contribution is -0.141. The fourth-order valence-electron chi connectivity index (χ4n) is 3.59. The summed E-state index contributed by atoms with van der Waals surface area (Å²) in [5, 5.41) is 21.0. The van der Waals surface area contributed by atoms with E-state index < -0.39 is 24.2 Å². The summed E-state index contributed by atoms with van der Waals surface area (Å²) >= 11 is 0. The molecular formula is C19H18N2O5.